The highest BCUT2D eigenvalue weighted by atomic mass is 32.1. The summed E-state index contributed by atoms with van der Waals surface area (Å²) < 4.78 is 12.9. The zero-order chi connectivity index (χ0) is 30.1. The highest BCUT2D eigenvalue weighted by Gasteiger charge is 2.32. The number of anilines is 1. The molecule has 9 heteroatoms. The number of aromatic nitrogens is 1. The third-order valence-electron chi connectivity index (χ3n) is 7.16. The molecule has 0 bridgehead atoms. The second-order valence-corrected chi connectivity index (χ2v) is 11.1. The number of hydrogen-bond donors (Lipinski definition) is 1. The predicted octanol–water partition coefficient (Wildman–Crippen LogP) is 5.23. The molecule has 5 aromatic rings. The van der Waals surface area contributed by atoms with Crippen molar-refractivity contribution in [2.24, 2.45) is 4.99 Å². The Bertz CT molecular complexity index is 2070. The van der Waals surface area contributed by atoms with Crippen molar-refractivity contribution in [1.82, 2.24) is 4.57 Å². The van der Waals surface area contributed by atoms with Crippen LogP contribution in [0.15, 0.2) is 116 Å². The Morgan fingerprint density at radius 1 is 0.977 bits per heavy atom. The molecule has 1 amide bonds. The van der Waals surface area contributed by atoms with Gasteiger partial charge in [0.1, 0.15) is 11.5 Å². The van der Waals surface area contributed by atoms with Gasteiger partial charge in [0.05, 0.1) is 34.5 Å². The summed E-state index contributed by atoms with van der Waals surface area (Å²) >= 11 is 1.24. The molecule has 214 valence electrons. The molecule has 1 aliphatic rings. The first-order valence-electron chi connectivity index (χ1n) is 13.6. The lowest BCUT2D eigenvalue weighted by Crippen LogP contribution is -2.40. The fraction of sp³-hybridized carbons (Fsp3) is 0.118. The summed E-state index contributed by atoms with van der Waals surface area (Å²) in [5.41, 5.74) is 4.29. The van der Waals surface area contributed by atoms with Crippen LogP contribution in [0.3, 0.4) is 0 Å². The number of nitrogens with zero attached hydrogens (tertiary/aromatic N) is 2. The van der Waals surface area contributed by atoms with E-state index in [-0.39, 0.29) is 11.5 Å². The molecule has 3 heterocycles. The van der Waals surface area contributed by atoms with E-state index < -0.39 is 12.0 Å². The Morgan fingerprint density at radius 3 is 2.49 bits per heavy atom. The first-order valence-corrected chi connectivity index (χ1v) is 14.4. The predicted molar refractivity (Wildman–Crippen MR) is 166 cm³/mol. The monoisotopic (exact) mass is 589 g/mol. The fourth-order valence-corrected chi connectivity index (χ4v) is 6.05. The standard InChI is InChI=1S/C34H27N3O5S/c1-20-12-14-22(15-13-20)30-29(31(38)36-25-10-5-4-6-11-25)21(2)35-34-37(30)32(39)28(43-34)19-26-16-17-27(42-26)23-8-7-9-24(18-23)33(40)41-3/h4-19,30H,1-3H3,(H,36,38)/b28-19-. The van der Waals surface area contributed by atoms with E-state index in [1.165, 1.54) is 18.4 Å². The summed E-state index contributed by atoms with van der Waals surface area (Å²) in [6, 6.07) is 26.8. The Hall–Kier alpha value is -5.28. The number of carbonyl (C=O) groups excluding carboxylic acids is 2. The minimum absolute atomic E-state index is 0.280. The van der Waals surface area contributed by atoms with Crippen molar-refractivity contribution < 1.29 is 18.7 Å². The zero-order valence-corrected chi connectivity index (χ0v) is 24.5. The first kappa shape index (κ1) is 27.9. The highest BCUT2D eigenvalue weighted by Crippen LogP contribution is 2.31. The Kier molecular flexibility index (Phi) is 7.48. The van der Waals surface area contributed by atoms with Crippen LogP contribution in [-0.4, -0.2) is 23.6 Å². The quantitative estimate of drug-likeness (QED) is 0.273. The number of esters is 1. The second-order valence-electron chi connectivity index (χ2n) is 10.1. The van der Waals surface area contributed by atoms with Crippen molar-refractivity contribution in [3.8, 4) is 11.3 Å². The molecule has 8 nitrogen and oxygen atoms in total. The smallest absolute Gasteiger partial charge is 0.337 e. The maximum Gasteiger partial charge on any atom is 0.337 e. The van der Waals surface area contributed by atoms with E-state index in [4.69, 9.17) is 14.1 Å². The average Bonchev–Trinajstić information content (AvgIpc) is 3.61. The minimum atomic E-state index is -0.670. The average molecular weight is 590 g/mol. The Balaban J connectivity index is 1.42. The molecule has 6 rings (SSSR count). The molecule has 1 aliphatic heterocycles. The van der Waals surface area contributed by atoms with Gasteiger partial charge < -0.3 is 14.5 Å². The van der Waals surface area contributed by atoms with Crippen LogP contribution in [0.4, 0.5) is 5.69 Å². The van der Waals surface area contributed by atoms with Gasteiger partial charge in [-0.05, 0) is 55.8 Å². The van der Waals surface area contributed by atoms with E-state index in [9.17, 15) is 14.4 Å². The molecule has 1 unspecified atom stereocenters. The normalized spacial score (nSPS) is 14.7. The van der Waals surface area contributed by atoms with Gasteiger partial charge in [0.15, 0.2) is 4.80 Å². The molecule has 2 aromatic heterocycles. The van der Waals surface area contributed by atoms with Gasteiger partial charge in [-0.1, -0.05) is 71.5 Å². The van der Waals surface area contributed by atoms with Crippen LogP contribution in [-0.2, 0) is 9.53 Å². The molecule has 0 aliphatic carbocycles. The number of para-hydroxylation sites is 1. The van der Waals surface area contributed by atoms with Gasteiger partial charge in [0.2, 0.25) is 0 Å². The molecule has 1 N–H and O–H groups in total. The number of thiazole rings is 1. The summed E-state index contributed by atoms with van der Waals surface area (Å²) in [6.07, 6.45) is 1.67. The molecule has 43 heavy (non-hydrogen) atoms. The third-order valence-corrected chi connectivity index (χ3v) is 8.14. The molecule has 0 radical (unpaired) electrons. The molecule has 1 atom stereocenters. The van der Waals surface area contributed by atoms with E-state index in [0.29, 0.717) is 48.9 Å². The van der Waals surface area contributed by atoms with Crippen molar-refractivity contribution in [2.45, 2.75) is 19.9 Å². The fourth-order valence-electron chi connectivity index (χ4n) is 5.03. The van der Waals surface area contributed by atoms with Crippen LogP contribution in [0, 0.1) is 6.92 Å². The van der Waals surface area contributed by atoms with E-state index in [0.717, 1.165) is 11.1 Å². The number of rotatable bonds is 6. The molecule has 0 saturated carbocycles. The number of fused-ring (bicyclic) bond motifs is 1. The van der Waals surface area contributed by atoms with E-state index in [1.807, 2.05) is 67.6 Å². The zero-order valence-electron chi connectivity index (χ0n) is 23.7. The molecule has 0 saturated heterocycles. The van der Waals surface area contributed by atoms with Crippen LogP contribution in [0.2, 0.25) is 0 Å². The van der Waals surface area contributed by atoms with Crippen LogP contribution < -0.4 is 20.2 Å². The third kappa shape index (κ3) is 5.50. The number of aryl methyl sites for hydroxylation is 1. The van der Waals surface area contributed by atoms with Gasteiger partial charge in [0, 0.05) is 17.3 Å². The van der Waals surface area contributed by atoms with Gasteiger partial charge in [-0.3, -0.25) is 14.2 Å². The number of amides is 1. The van der Waals surface area contributed by atoms with E-state index >= 15 is 0 Å². The van der Waals surface area contributed by atoms with Crippen molar-refractivity contribution in [3.63, 3.8) is 0 Å². The molecular weight excluding hydrogens is 562 g/mol. The maximum atomic E-state index is 14.0. The van der Waals surface area contributed by atoms with Crippen molar-refractivity contribution in [3.05, 3.63) is 144 Å². The number of furan rings is 1. The topological polar surface area (TPSA) is 103 Å². The summed E-state index contributed by atoms with van der Waals surface area (Å²) in [5.74, 6) is 0.244. The Labute approximate surface area is 250 Å². The van der Waals surface area contributed by atoms with Gasteiger partial charge >= 0.3 is 5.97 Å². The summed E-state index contributed by atoms with van der Waals surface area (Å²) in [5, 5.41) is 2.96. The second kappa shape index (κ2) is 11.5. The van der Waals surface area contributed by atoms with Crippen LogP contribution >= 0.6 is 11.3 Å². The number of nitrogens with one attached hydrogen (secondary N) is 1. The number of hydrogen-bond acceptors (Lipinski definition) is 7. The van der Waals surface area contributed by atoms with Crippen LogP contribution in [0.25, 0.3) is 17.4 Å². The number of allylic oxidation sites excluding steroid dienone is 1. The molecule has 3 aromatic carbocycles. The lowest BCUT2D eigenvalue weighted by molar-refractivity contribution is -0.113. The summed E-state index contributed by atoms with van der Waals surface area (Å²) in [4.78, 5) is 44.8. The van der Waals surface area contributed by atoms with E-state index in [2.05, 4.69) is 5.32 Å². The van der Waals surface area contributed by atoms with Gasteiger partial charge in [-0.2, -0.15) is 0 Å². The van der Waals surface area contributed by atoms with Crippen molar-refractivity contribution in [2.75, 3.05) is 12.4 Å². The highest BCUT2D eigenvalue weighted by molar-refractivity contribution is 7.07. The SMILES string of the molecule is COC(=O)c1cccc(-c2ccc(/C=c3\sc4n(c3=O)C(c3ccc(C)cc3)C(C(=O)Nc3ccccc3)=C(C)N=4)o2)c1. The number of carbonyl (C=O) groups is 2. The first-order chi connectivity index (χ1) is 20.8. The summed E-state index contributed by atoms with van der Waals surface area (Å²) in [7, 11) is 1.33. The largest absolute Gasteiger partial charge is 0.465 e. The van der Waals surface area contributed by atoms with Gasteiger partial charge in [-0.25, -0.2) is 9.79 Å². The van der Waals surface area contributed by atoms with Gasteiger partial charge in [-0.15, -0.1) is 0 Å². The summed E-state index contributed by atoms with van der Waals surface area (Å²) in [6.45, 7) is 3.78. The Morgan fingerprint density at radius 2 is 1.74 bits per heavy atom. The lowest BCUT2D eigenvalue weighted by Gasteiger charge is -2.25. The lowest BCUT2D eigenvalue weighted by atomic mass is 9.94. The minimum Gasteiger partial charge on any atom is -0.465 e. The van der Waals surface area contributed by atoms with Crippen molar-refractivity contribution >= 4 is 35.0 Å². The van der Waals surface area contributed by atoms with Crippen LogP contribution in [0.1, 0.15) is 40.2 Å². The molecule has 0 spiro atoms. The van der Waals surface area contributed by atoms with Gasteiger partial charge in [0.25, 0.3) is 11.5 Å². The van der Waals surface area contributed by atoms with Crippen molar-refractivity contribution in [1.29, 1.82) is 0 Å². The number of benzene rings is 3. The van der Waals surface area contributed by atoms with E-state index in [1.54, 1.807) is 47.9 Å². The van der Waals surface area contributed by atoms with Crippen LogP contribution in [0.5, 0.6) is 0 Å². The molecular formula is C34H27N3O5S. The maximum absolute atomic E-state index is 14.0. The molecule has 0 fully saturated rings. The number of methoxy groups -OCH3 is 1. The number of ether oxygens (including phenoxy) is 1.